The molecule has 0 radical (unpaired) electrons. The summed E-state index contributed by atoms with van der Waals surface area (Å²) < 4.78 is 0.826. The van der Waals surface area contributed by atoms with Crippen LogP contribution in [0, 0.1) is 0 Å². The molecule has 0 fully saturated rings. The van der Waals surface area contributed by atoms with E-state index in [4.69, 9.17) is 28.9 Å². The molecule has 0 aliphatic rings. The van der Waals surface area contributed by atoms with Crippen LogP contribution in [0.25, 0.3) is 0 Å². The summed E-state index contributed by atoms with van der Waals surface area (Å²) in [5.74, 6) is 0. The van der Waals surface area contributed by atoms with Crippen LogP contribution in [0.3, 0.4) is 0 Å². The van der Waals surface area contributed by atoms with Crippen molar-refractivity contribution >= 4 is 51.4 Å². The summed E-state index contributed by atoms with van der Waals surface area (Å²) in [4.78, 5) is 0. The average molecular weight is 368 g/mol. The van der Waals surface area contributed by atoms with Crippen molar-refractivity contribution in [3.63, 3.8) is 0 Å². The highest BCUT2D eigenvalue weighted by molar-refractivity contribution is 8.01. The van der Waals surface area contributed by atoms with Crippen molar-refractivity contribution in [1.29, 1.82) is 0 Å². The second-order valence-electron chi connectivity index (χ2n) is 4.51. The summed E-state index contributed by atoms with van der Waals surface area (Å²) >= 11 is 15.0. The Morgan fingerprint density at radius 3 is 1.77 bits per heavy atom. The molecule has 3 aromatic rings. The number of hydrogen-bond donors (Lipinski definition) is 1. The third-order valence-corrected chi connectivity index (χ3v) is 5.64. The maximum Gasteiger partial charge on any atom is 0.203 e. The molecule has 7 heteroatoms. The molecular weight excluding hydrogens is 357 g/mol. The van der Waals surface area contributed by atoms with Crippen LogP contribution in [0.1, 0.15) is 16.4 Å². The van der Waals surface area contributed by atoms with Crippen molar-refractivity contribution < 1.29 is 0 Å². The number of nitrogen functional groups attached to an aromatic ring is 1. The number of benzene rings is 2. The molecule has 3 nitrogen and oxygen atoms in total. The summed E-state index contributed by atoms with van der Waals surface area (Å²) in [6.45, 7) is 0. The Morgan fingerprint density at radius 1 is 0.864 bits per heavy atom. The molecule has 22 heavy (non-hydrogen) atoms. The van der Waals surface area contributed by atoms with E-state index in [-0.39, 0.29) is 5.25 Å². The fraction of sp³-hybridized carbons (Fsp3) is 0.0667. The van der Waals surface area contributed by atoms with Crippen LogP contribution in [0.15, 0.2) is 52.9 Å². The first-order valence-electron chi connectivity index (χ1n) is 6.38. The highest BCUT2D eigenvalue weighted by Crippen LogP contribution is 2.42. The third-order valence-electron chi connectivity index (χ3n) is 2.99. The van der Waals surface area contributed by atoms with E-state index in [0.29, 0.717) is 15.2 Å². The molecule has 2 N–H and O–H groups in total. The maximum atomic E-state index is 5.99. The minimum Gasteiger partial charge on any atom is -0.374 e. The Hall–Kier alpha value is -1.27. The van der Waals surface area contributed by atoms with Gasteiger partial charge < -0.3 is 5.73 Å². The van der Waals surface area contributed by atoms with Gasteiger partial charge in [0.2, 0.25) is 5.13 Å². The van der Waals surface area contributed by atoms with Crippen molar-refractivity contribution in [3.05, 3.63) is 69.7 Å². The largest absolute Gasteiger partial charge is 0.374 e. The SMILES string of the molecule is Nc1nnc(SC(c2ccc(Cl)cc2)c2ccc(Cl)cc2)s1. The van der Waals surface area contributed by atoms with Gasteiger partial charge >= 0.3 is 0 Å². The van der Waals surface area contributed by atoms with Gasteiger partial charge in [-0.25, -0.2) is 0 Å². The van der Waals surface area contributed by atoms with E-state index in [1.54, 1.807) is 11.8 Å². The number of rotatable bonds is 4. The smallest absolute Gasteiger partial charge is 0.203 e. The number of aromatic nitrogens is 2. The number of halogens is 2. The molecule has 112 valence electrons. The van der Waals surface area contributed by atoms with Gasteiger partial charge in [-0.05, 0) is 35.4 Å². The monoisotopic (exact) mass is 367 g/mol. The van der Waals surface area contributed by atoms with E-state index in [9.17, 15) is 0 Å². The number of anilines is 1. The Balaban J connectivity index is 1.97. The summed E-state index contributed by atoms with van der Waals surface area (Å²) in [5.41, 5.74) is 7.93. The summed E-state index contributed by atoms with van der Waals surface area (Å²) in [7, 11) is 0. The fourth-order valence-corrected chi connectivity index (χ4v) is 4.18. The van der Waals surface area contributed by atoms with Gasteiger partial charge in [-0.2, -0.15) is 0 Å². The van der Waals surface area contributed by atoms with E-state index in [0.717, 1.165) is 15.5 Å². The molecular formula is C15H11Cl2N3S2. The van der Waals surface area contributed by atoms with Crippen molar-refractivity contribution in [2.24, 2.45) is 0 Å². The zero-order valence-corrected chi connectivity index (χ0v) is 14.4. The van der Waals surface area contributed by atoms with Gasteiger partial charge in [-0.1, -0.05) is 70.6 Å². The molecule has 0 aliphatic carbocycles. The van der Waals surface area contributed by atoms with Gasteiger partial charge in [0.1, 0.15) is 0 Å². The lowest BCUT2D eigenvalue weighted by atomic mass is 10.0. The lowest BCUT2D eigenvalue weighted by Crippen LogP contribution is -1.96. The number of nitrogens with zero attached hydrogens (tertiary/aromatic N) is 2. The first-order valence-corrected chi connectivity index (χ1v) is 8.83. The highest BCUT2D eigenvalue weighted by atomic mass is 35.5. The normalized spacial score (nSPS) is 11.0. The van der Waals surface area contributed by atoms with E-state index in [2.05, 4.69) is 10.2 Å². The molecule has 0 saturated heterocycles. The summed E-state index contributed by atoms with van der Waals surface area (Å²) in [6.07, 6.45) is 0. The Labute approximate surface area is 146 Å². The Bertz CT molecular complexity index is 712. The molecule has 1 aromatic heterocycles. The lowest BCUT2D eigenvalue weighted by molar-refractivity contribution is 1.01. The van der Waals surface area contributed by atoms with Crippen LogP contribution in [0.5, 0.6) is 0 Å². The average Bonchev–Trinajstić information content (AvgIpc) is 2.92. The lowest BCUT2D eigenvalue weighted by Gasteiger charge is -2.16. The van der Waals surface area contributed by atoms with Gasteiger partial charge in [-0.3, -0.25) is 0 Å². The quantitative estimate of drug-likeness (QED) is 0.634. The number of hydrogen-bond acceptors (Lipinski definition) is 5. The van der Waals surface area contributed by atoms with E-state index >= 15 is 0 Å². The first-order chi connectivity index (χ1) is 10.6. The molecule has 1 heterocycles. The van der Waals surface area contributed by atoms with Crippen LogP contribution >= 0.6 is 46.3 Å². The van der Waals surface area contributed by atoms with Gasteiger partial charge in [0, 0.05) is 10.0 Å². The molecule has 0 amide bonds. The minimum atomic E-state index is 0.0712. The molecule has 0 atom stereocenters. The predicted molar refractivity (Wildman–Crippen MR) is 94.9 cm³/mol. The minimum absolute atomic E-state index is 0.0712. The van der Waals surface area contributed by atoms with Gasteiger partial charge in [0.25, 0.3) is 0 Å². The van der Waals surface area contributed by atoms with Crippen molar-refractivity contribution in [2.75, 3.05) is 5.73 Å². The van der Waals surface area contributed by atoms with E-state index in [1.165, 1.54) is 11.3 Å². The van der Waals surface area contributed by atoms with Crippen LogP contribution in [0.2, 0.25) is 10.0 Å². The van der Waals surface area contributed by atoms with Gasteiger partial charge in [-0.15, -0.1) is 10.2 Å². The van der Waals surface area contributed by atoms with Crippen LogP contribution in [-0.4, -0.2) is 10.2 Å². The molecule has 0 bridgehead atoms. The van der Waals surface area contributed by atoms with E-state index < -0.39 is 0 Å². The van der Waals surface area contributed by atoms with Crippen molar-refractivity contribution in [3.8, 4) is 0 Å². The second kappa shape index (κ2) is 6.87. The molecule has 2 aromatic carbocycles. The van der Waals surface area contributed by atoms with Crippen LogP contribution in [0.4, 0.5) is 5.13 Å². The predicted octanol–water partition coefficient (Wildman–Crippen LogP) is 5.31. The third kappa shape index (κ3) is 3.73. The topological polar surface area (TPSA) is 51.8 Å². The Kier molecular flexibility index (Phi) is 4.88. The number of thioether (sulfide) groups is 1. The molecule has 0 saturated carbocycles. The maximum absolute atomic E-state index is 5.99. The van der Waals surface area contributed by atoms with Gasteiger partial charge in [0.15, 0.2) is 4.34 Å². The zero-order chi connectivity index (χ0) is 15.5. The molecule has 0 unspecified atom stereocenters. The molecule has 0 aliphatic heterocycles. The first kappa shape index (κ1) is 15.6. The highest BCUT2D eigenvalue weighted by Gasteiger charge is 2.18. The van der Waals surface area contributed by atoms with Crippen molar-refractivity contribution in [2.45, 2.75) is 9.59 Å². The van der Waals surface area contributed by atoms with Crippen LogP contribution < -0.4 is 5.73 Å². The second-order valence-corrected chi connectivity index (χ2v) is 7.74. The Morgan fingerprint density at radius 2 is 1.36 bits per heavy atom. The molecule has 3 rings (SSSR count). The summed E-state index contributed by atoms with van der Waals surface area (Å²) in [5, 5.41) is 9.93. The standard InChI is InChI=1S/C15H11Cl2N3S2/c16-11-5-1-9(2-6-11)13(10-3-7-12(17)8-4-10)21-15-20-19-14(18)22-15/h1-8,13H,(H2,18,19). The fourth-order valence-electron chi connectivity index (χ4n) is 1.97. The van der Waals surface area contributed by atoms with Gasteiger partial charge in [0.05, 0.1) is 5.25 Å². The summed E-state index contributed by atoms with van der Waals surface area (Å²) in [6, 6.07) is 15.6. The number of nitrogens with two attached hydrogens (primary N) is 1. The van der Waals surface area contributed by atoms with Crippen LogP contribution in [-0.2, 0) is 0 Å². The molecule has 0 spiro atoms. The zero-order valence-electron chi connectivity index (χ0n) is 11.2. The van der Waals surface area contributed by atoms with E-state index in [1.807, 2.05) is 48.5 Å². The van der Waals surface area contributed by atoms with Crippen molar-refractivity contribution in [1.82, 2.24) is 10.2 Å².